The Bertz CT molecular complexity index is 944. The molecule has 0 saturated heterocycles. The Morgan fingerprint density at radius 3 is 2.66 bits per heavy atom. The highest BCUT2D eigenvalue weighted by Gasteiger charge is 2.23. The molecule has 0 atom stereocenters. The first-order valence-electron chi connectivity index (χ1n) is 9.48. The van der Waals surface area contributed by atoms with E-state index < -0.39 is 5.92 Å². The molecule has 0 fully saturated rings. The highest BCUT2D eigenvalue weighted by atomic mass is 19.3. The van der Waals surface area contributed by atoms with Gasteiger partial charge in [0.25, 0.3) is 5.92 Å². The fraction of sp³-hybridized carbons (Fsp3) is 0.261. The van der Waals surface area contributed by atoms with Crippen LogP contribution in [0, 0.1) is 0 Å². The first kappa shape index (κ1) is 20.6. The van der Waals surface area contributed by atoms with E-state index in [1.165, 1.54) is 18.2 Å². The summed E-state index contributed by atoms with van der Waals surface area (Å²) in [7, 11) is 0. The number of halogens is 2. The van der Waals surface area contributed by atoms with E-state index in [1.807, 2.05) is 19.1 Å². The molecule has 4 nitrogen and oxygen atoms in total. The average molecular weight is 398 g/mol. The molecule has 6 heteroatoms. The quantitative estimate of drug-likeness (QED) is 0.584. The summed E-state index contributed by atoms with van der Waals surface area (Å²) in [4.78, 5) is 12.6. The van der Waals surface area contributed by atoms with E-state index in [1.54, 1.807) is 18.2 Å². The molecule has 3 rings (SSSR count). The number of nitrogens with one attached hydrogen (secondary N) is 2. The van der Waals surface area contributed by atoms with Crippen LogP contribution in [0.1, 0.15) is 43.4 Å². The van der Waals surface area contributed by atoms with Crippen molar-refractivity contribution in [3.05, 3.63) is 77.7 Å². The Morgan fingerprint density at radius 1 is 1.28 bits per heavy atom. The van der Waals surface area contributed by atoms with Gasteiger partial charge in [-0.25, -0.2) is 8.78 Å². The van der Waals surface area contributed by atoms with Crippen LogP contribution in [0.5, 0.6) is 0 Å². The summed E-state index contributed by atoms with van der Waals surface area (Å²) in [6.45, 7) is 7.05. The lowest BCUT2D eigenvalue weighted by atomic mass is 9.98. The molecule has 0 spiro atoms. The van der Waals surface area contributed by atoms with E-state index in [-0.39, 0.29) is 11.5 Å². The second-order valence-electron chi connectivity index (χ2n) is 7.08. The molecular formula is C23H24F2N2O2. The molecule has 0 aromatic heterocycles. The summed E-state index contributed by atoms with van der Waals surface area (Å²) in [5.41, 5.74) is 3.97. The number of hydrogen-bond acceptors (Lipinski definition) is 3. The minimum Gasteiger partial charge on any atom is -0.475 e. The van der Waals surface area contributed by atoms with E-state index in [4.69, 9.17) is 4.74 Å². The molecule has 1 aliphatic rings. The van der Waals surface area contributed by atoms with Crippen molar-refractivity contribution in [2.45, 2.75) is 39.2 Å². The van der Waals surface area contributed by atoms with Crippen molar-refractivity contribution in [3.8, 4) is 0 Å². The number of alkyl halides is 2. The predicted octanol–water partition coefficient (Wildman–Crippen LogP) is 6.03. The van der Waals surface area contributed by atoms with Crippen molar-refractivity contribution in [1.29, 1.82) is 0 Å². The van der Waals surface area contributed by atoms with Gasteiger partial charge in [0.15, 0.2) is 5.88 Å². The molecule has 0 aliphatic carbocycles. The molecule has 0 unspecified atom stereocenters. The van der Waals surface area contributed by atoms with Crippen molar-refractivity contribution < 1.29 is 18.3 Å². The number of hydrogen-bond donors (Lipinski definition) is 2. The zero-order valence-corrected chi connectivity index (χ0v) is 16.5. The van der Waals surface area contributed by atoms with Crippen molar-refractivity contribution >= 4 is 22.9 Å². The molecule has 152 valence electrons. The number of benzene rings is 2. The van der Waals surface area contributed by atoms with Gasteiger partial charge >= 0.3 is 0 Å². The number of anilines is 2. The topological polar surface area (TPSA) is 50.4 Å². The number of carbonyl (C=O) groups is 1. The van der Waals surface area contributed by atoms with Crippen molar-refractivity contribution in [1.82, 2.24) is 0 Å². The smallest absolute Gasteiger partial charge is 0.270 e. The molecular weight excluding hydrogens is 374 g/mol. The van der Waals surface area contributed by atoms with Gasteiger partial charge < -0.3 is 15.4 Å². The van der Waals surface area contributed by atoms with Crippen LogP contribution in [0.4, 0.5) is 20.2 Å². The van der Waals surface area contributed by atoms with Gasteiger partial charge in [-0.05, 0) is 36.3 Å². The van der Waals surface area contributed by atoms with Crippen molar-refractivity contribution in [2.24, 2.45) is 0 Å². The van der Waals surface area contributed by atoms with Crippen LogP contribution < -0.4 is 10.6 Å². The molecule has 0 bridgehead atoms. The maximum Gasteiger partial charge on any atom is 0.270 e. The Labute approximate surface area is 169 Å². The van der Waals surface area contributed by atoms with Crippen molar-refractivity contribution in [2.75, 3.05) is 10.6 Å². The van der Waals surface area contributed by atoms with Gasteiger partial charge in [0.05, 0.1) is 0 Å². The molecule has 0 saturated carbocycles. The van der Waals surface area contributed by atoms with Gasteiger partial charge in [-0.2, -0.15) is 0 Å². The van der Waals surface area contributed by atoms with Crippen LogP contribution >= 0.6 is 0 Å². The molecule has 1 aliphatic heterocycles. The zero-order chi connectivity index (χ0) is 21.0. The largest absolute Gasteiger partial charge is 0.475 e. The minimum absolute atomic E-state index is 0.0475. The lowest BCUT2D eigenvalue weighted by molar-refractivity contribution is -0.111. The van der Waals surface area contributed by atoms with Crippen molar-refractivity contribution in [3.63, 3.8) is 0 Å². The lowest BCUT2D eigenvalue weighted by Crippen LogP contribution is -2.13. The summed E-state index contributed by atoms with van der Waals surface area (Å²) < 4.78 is 32.2. The monoisotopic (exact) mass is 398 g/mol. The Morgan fingerprint density at radius 2 is 2.00 bits per heavy atom. The second-order valence-corrected chi connectivity index (χ2v) is 7.08. The molecule has 0 radical (unpaired) electrons. The van der Waals surface area contributed by atoms with E-state index in [9.17, 15) is 13.6 Å². The average Bonchev–Trinajstić information content (AvgIpc) is 2.67. The summed E-state index contributed by atoms with van der Waals surface area (Å²) in [6.07, 6.45) is 3.02. The highest BCUT2D eigenvalue weighted by molar-refractivity contribution is 6.04. The van der Waals surface area contributed by atoms with Crippen LogP contribution in [0.3, 0.4) is 0 Å². The summed E-state index contributed by atoms with van der Waals surface area (Å²) in [5.74, 6) is -2.70. The van der Waals surface area contributed by atoms with Crippen LogP contribution in [0.2, 0.25) is 0 Å². The zero-order valence-electron chi connectivity index (χ0n) is 16.5. The number of amides is 1. The van der Waals surface area contributed by atoms with Gasteiger partial charge in [0, 0.05) is 35.5 Å². The number of allylic oxidation sites excluding steroid dienone is 1. The van der Waals surface area contributed by atoms with Crippen LogP contribution in [0.25, 0.3) is 5.57 Å². The Hall–Kier alpha value is -3.15. The maximum atomic E-state index is 13.4. The van der Waals surface area contributed by atoms with Gasteiger partial charge in [0.1, 0.15) is 6.61 Å². The molecule has 29 heavy (non-hydrogen) atoms. The third-order valence-corrected chi connectivity index (χ3v) is 4.64. The minimum atomic E-state index is -2.89. The first-order valence-corrected chi connectivity index (χ1v) is 9.48. The third kappa shape index (κ3) is 5.22. The van der Waals surface area contributed by atoms with Gasteiger partial charge in [-0.1, -0.05) is 43.7 Å². The fourth-order valence-corrected chi connectivity index (χ4v) is 3.13. The SMILES string of the molecule is C=C1Nc2cc(NC(=O)/C=C(\CCC)c3ccc(C(C)(F)F)cc3)ccc2CO1. The van der Waals surface area contributed by atoms with E-state index >= 15 is 0 Å². The fourth-order valence-electron chi connectivity index (χ4n) is 3.13. The Balaban J connectivity index is 1.78. The summed E-state index contributed by atoms with van der Waals surface area (Å²) in [6, 6.07) is 11.6. The Kier molecular flexibility index (Phi) is 6.01. The predicted molar refractivity (Wildman–Crippen MR) is 112 cm³/mol. The molecule has 1 amide bonds. The number of ether oxygens (including phenoxy) is 1. The third-order valence-electron chi connectivity index (χ3n) is 4.64. The van der Waals surface area contributed by atoms with E-state index in [2.05, 4.69) is 17.2 Å². The number of carbonyl (C=O) groups excluding carboxylic acids is 1. The summed E-state index contributed by atoms with van der Waals surface area (Å²) in [5, 5.41) is 5.89. The standard InChI is InChI=1S/C23H24F2N2O2/c1-4-5-17(16-6-9-19(10-7-16)23(3,24)25)12-22(28)27-20-11-8-18-14-29-15(2)26-21(18)13-20/h6-13,26H,2,4-5,14H2,1,3H3,(H,27,28)/b17-12+. The van der Waals surface area contributed by atoms with Gasteiger partial charge in [-0.15, -0.1) is 0 Å². The van der Waals surface area contributed by atoms with Crippen LogP contribution in [0.15, 0.2) is 61.0 Å². The molecule has 2 aromatic rings. The number of fused-ring (bicyclic) bond motifs is 1. The first-order chi connectivity index (χ1) is 13.8. The maximum absolute atomic E-state index is 13.4. The van der Waals surface area contributed by atoms with E-state index in [0.717, 1.165) is 35.7 Å². The molecule has 1 heterocycles. The van der Waals surface area contributed by atoms with E-state index in [0.29, 0.717) is 24.6 Å². The molecule has 2 aromatic carbocycles. The normalized spacial score (nSPS) is 13.9. The number of rotatable bonds is 6. The second kappa shape index (κ2) is 8.47. The van der Waals surface area contributed by atoms with Gasteiger partial charge in [-0.3, -0.25) is 4.79 Å². The van der Waals surface area contributed by atoms with Gasteiger partial charge in [0.2, 0.25) is 5.91 Å². The lowest BCUT2D eigenvalue weighted by Gasteiger charge is -2.21. The summed E-state index contributed by atoms with van der Waals surface area (Å²) >= 11 is 0. The molecule has 2 N–H and O–H groups in total. The van der Waals surface area contributed by atoms with Crippen LogP contribution in [-0.2, 0) is 22.1 Å². The highest BCUT2D eigenvalue weighted by Crippen LogP contribution is 2.30. The van der Waals surface area contributed by atoms with Crippen LogP contribution in [-0.4, -0.2) is 5.91 Å².